The van der Waals surface area contributed by atoms with Gasteiger partial charge in [-0.2, -0.15) is 0 Å². The van der Waals surface area contributed by atoms with E-state index < -0.39 is 5.97 Å². The summed E-state index contributed by atoms with van der Waals surface area (Å²) in [5.41, 5.74) is 3.96. The first-order valence-corrected chi connectivity index (χ1v) is 8.41. The summed E-state index contributed by atoms with van der Waals surface area (Å²) in [5, 5.41) is 11.4. The maximum atomic E-state index is 10.7. The maximum absolute atomic E-state index is 10.7. The summed E-state index contributed by atoms with van der Waals surface area (Å²) in [4.78, 5) is 15.1. The highest BCUT2D eigenvalue weighted by atomic mass is 32.1. The fourth-order valence-corrected chi connectivity index (χ4v) is 3.08. The Morgan fingerprint density at radius 1 is 1.08 bits per heavy atom. The summed E-state index contributed by atoms with van der Waals surface area (Å²) in [6.07, 6.45) is -0.0511. The highest BCUT2D eigenvalue weighted by Gasteiger charge is 2.08. The molecule has 0 unspecified atom stereocenters. The van der Waals surface area contributed by atoms with Crippen molar-refractivity contribution in [3.05, 3.63) is 64.7 Å². The normalized spacial score (nSPS) is 10.6. The Balaban J connectivity index is 1.74. The average Bonchev–Trinajstić information content (AvgIpc) is 2.99. The number of aromatic nitrogens is 1. The van der Waals surface area contributed by atoms with Gasteiger partial charge in [0.2, 0.25) is 0 Å². The van der Waals surface area contributed by atoms with Gasteiger partial charge in [0.05, 0.1) is 12.1 Å². The zero-order chi connectivity index (χ0) is 17.1. The molecule has 0 amide bonds. The fraction of sp³-hybridized carbons (Fsp3) is 0.158. The van der Waals surface area contributed by atoms with Crippen molar-refractivity contribution in [2.75, 3.05) is 0 Å². The van der Waals surface area contributed by atoms with Crippen LogP contribution in [0.15, 0.2) is 47.8 Å². The van der Waals surface area contributed by atoms with E-state index in [2.05, 4.69) is 18.8 Å². The van der Waals surface area contributed by atoms with Gasteiger partial charge in [-0.25, -0.2) is 4.98 Å². The predicted molar refractivity (Wildman–Crippen MR) is 94.9 cm³/mol. The van der Waals surface area contributed by atoms with Crippen LogP contribution in [-0.4, -0.2) is 16.1 Å². The molecule has 0 fully saturated rings. The van der Waals surface area contributed by atoms with E-state index in [1.54, 1.807) is 5.38 Å². The number of rotatable bonds is 5. The van der Waals surface area contributed by atoms with Gasteiger partial charge in [-0.05, 0) is 61.4 Å². The molecular formula is C19H17NO3S. The first-order chi connectivity index (χ1) is 11.5. The number of carboxylic acid groups (broad SMARTS) is 1. The van der Waals surface area contributed by atoms with Crippen molar-refractivity contribution in [3.63, 3.8) is 0 Å². The number of aryl methyl sites for hydroxylation is 2. The molecule has 0 saturated heterocycles. The summed E-state index contributed by atoms with van der Waals surface area (Å²) in [6, 6.07) is 13.7. The Morgan fingerprint density at radius 2 is 1.79 bits per heavy atom. The smallest absolute Gasteiger partial charge is 0.309 e. The molecule has 0 aliphatic heterocycles. The van der Waals surface area contributed by atoms with Gasteiger partial charge in [0, 0.05) is 10.9 Å². The summed E-state index contributed by atoms with van der Waals surface area (Å²) >= 11 is 1.44. The lowest BCUT2D eigenvalue weighted by Gasteiger charge is -2.08. The quantitative estimate of drug-likeness (QED) is 0.722. The van der Waals surface area contributed by atoms with Crippen LogP contribution in [0, 0.1) is 13.8 Å². The number of carbonyl (C=O) groups is 1. The molecule has 3 aromatic rings. The molecule has 1 heterocycles. The minimum Gasteiger partial charge on any atom is -0.481 e. The minimum absolute atomic E-state index is 0.0511. The highest BCUT2D eigenvalue weighted by Crippen LogP contribution is 2.28. The van der Waals surface area contributed by atoms with E-state index in [0.717, 1.165) is 22.1 Å². The molecule has 24 heavy (non-hydrogen) atoms. The van der Waals surface area contributed by atoms with E-state index in [1.807, 2.05) is 42.5 Å². The maximum Gasteiger partial charge on any atom is 0.309 e. The van der Waals surface area contributed by atoms with E-state index in [4.69, 9.17) is 9.84 Å². The molecule has 0 bridgehead atoms. The Hall–Kier alpha value is -2.66. The number of thiazole rings is 1. The molecule has 0 aliphatic carbocycles. The number of nitrogens with zero attached hydrogens (tertiary/aromatic N) is 1. The summed E-state index contributed by atoms with van der Waals surface area (Å²) in [5.74, 6) is 0.692. The van der Waals surface area contributed by atoms with Gasteiger partial charge >= 0.3 is 5.97 Å². The average molecular weight is 339 g/mol. The van der Waals surface area contributed by atoms with E-state index in [1.165, 1.54) is 22.5 Å². The van der Waals surface area contributed by atoms with Crippen molar-refractivity contribution in [2.45, 2.75) is 20.3 Å². The van der Waals surface area contributed by atoms with Crippen LogP contribution in [-0.2, 0) is 11.2 Å². The molecular weight excluding hydrogens is 322 g/mol. The second-order valence-corrected chi connectivity index (χ2v) is 6.45. The molecule has 3 rings (SSSR count). The van der Waals surface area contributed by atoms with Crippen LogP contribution in [0.5, 0.6) is 11.5 Å². The van der Waals surface area contributed by atoms with E-state index in [0.29, 0.717) is 5.69 Å². The van der Waals surface area contributed by atoms with Crippen molar-refractivity contribution in [2.24, 2.45) is 0 Å². The molecule has 5 heteroatoms. The summed E-state index contributed by atoms with van der Waals surface area (Å²) in [7, 11) is 0. The molecule has 0 spiro atoms. The zero-order valence-electron chi connectivity index (χ0n) is 13.4. The molecule has 0 atom stereocenters. The van der Waals surface area contributed by atoms with Crippen molar-refractivity contribution in [3.8, 4) is 22.1 Å². The molecule has 1 N–H and O–H groups in total. The number of ether oxygens (including phenoxy) is 1. The number of benzene rings is 2. The van der Waals surface area contributed by atoms with Gasteiger partial charge < -0.3 is 9.84 Å². The van der Waals surface area contributed by atoms with Gasteiger partial charge in [0.25, 0.3) is 0 Å². The molecule has 4 nitrogen and oxygen atoms in total. The molecule has 0 aliphatic rings. The fourth-order valence-electron chi connectivity index (χ4n) is 2.25. The Morgan fingerprint density at radius 3 is 2.46 bits per heavy atom. The Bertz CT molecular complexity index is 869. The van der Waals surface area contributed by atoms with Crippen LogP contribution in [0.1, 0.15) is 16.8 Å². The zero-order valence-corrected chi connectivity index (χ0v) is 14.3. The molecule has 0 saturated carbocycles. The highest BCUT2D eigenvalue weighted by molar-refractivity contribution is 7.13. The van der Waals surface area contributed by atoms with Crippen molar-refractivity contribution in [1.82, 2.24) is 4.98 Å². The van der Waals surface area contributed by atoms with Gasteiger partial charge in [-0.15, -0.1) is 11.3 Å². The van der Waals surface area contributed by atoms with Crippen LogP contribution in [0.2, 0.25) is 0 Å². The second kappa shape index (κ2) is 6.84. The van der Waals surface area contributed by atoms with Crippen LogP contribution in [0.25, 0.3) is 10.6 Å². The first kappa shape index (κ1) is 16.2. The van der Waals surface area contributed by atoms with Gasteiger partial charge in [0.15, 0.2) is 0 Å². The third kappa shape index (κ3) is 3.81. The topological polar surface area (TPSA) is 59.4 Å². The van der Waals surface area contributed by atoms with Crippen molar-refractivity contribution in [1.29, 1.82) is 0 Å². The molecule has 0 radical (unpaired) electrons. The van der Waals surface area contributed by atoms with Gasteiger partial charge in [0.1, 0.15) is 16.5 Å². The minimum atomic E-state index is -0.871. The molecule has 1 aromatic heterocycles. The van der Waals surface area contributed by atoms with Crippen molar-refractivity contribution >= 4 is 17.3 Å². The predicted octanol–water partition coefficient (Wildman–Crippen LogP) is 4.85. The van der Waals surface area contributed by atoms with Gasteiger partial charge in [-0.1, -0.05) is 6.07 Å². The van der Waals surface area contributed by atoms with E-state index >= 15 is 0 Å². The Kier molecular flexibility index (Phi) is 4.62. The third-order valence-corrected chi connectivity index (χ3v) is 4.64. The molecule has 122 valence electrons. The number of carboxylic acids is 1. The lowest BCUT2D eigenvalue weighted by Crippen LogP contribution is -1.99. The van der Waals surface area contributed by atoms with Crippen LogP contribution >= 0.6 is 11.3 Å². The van der Waals surface area contributed by atoms with Crippen LogP contribution < -0.4 is 4.74 Å². The number of aliphatic carboxylic acids is 1. The first-order valence-electron chi connectivity index (χ1n) is 7.53. The lowest BCUT2D eigenvalue weighted by molar-refractivity contribution is -0.136. The molecule has 2 aromatic carbocycles. The monoisotopic (exact) mass is 339 g/mol. The Labute approximate surface area is 144 Å². The van der Waals surface area contributed by atoms with E-state index in [-0.39, 0.29) is 6.42 Å². The van der Waals surface area contributed by atoms with Crippen LogP contribution in [0.3, 0.4) is 0 Å². The third-order valence-electron chi connectivity index (χ3n) is 3.70. The largest absolute Gasteiger partial charge is 0.481 e. The summed E-state index contributed by atoms with van der Waals surface area (Å²) < 4.78 is 5.87. The second-order valence-electron chi connectivity index (χ2n) is 5.59. The van der Waals surface area contributed by atoms with E-state index in [9.17, 15) is 4.79 Å². The van der Waals surface area contributed by atoms with Gasteiger partial charge in [-0.3, -0.25) is 4.79 Å². The van der Waals surface area contributed by atoms with Crippen LogP contribution in [0.4, 0.5) is 0 Å². The van der Waals surface area contributed by atoms with Crippen molar-refractivity contribution < 1.29 is 14.6 Å². The number of hydrogen-bond acceptors (Lipinski definition) is 4. The SMILES string of the molecule is Cc1ccc(Oc2ccc(-c3nc(CC(=O)O)cs3)cc2)cc1C. The lowest BCUT2D eigenvalue weighted by atomic mass is 10.1. The standard InChI is InChI=1S/C19H17NO3S/c1-12-3-6-17(9-13(12)2)23-16-7-4-14(5-8-16)19-20-15(11-24-19)10-18(21)22/h3-9,11H,10H2,1-2H3,(H,21,22). The summed E-state index contributed by atoms with van der Waals surface area (Å²) in [6.45, 7) is 4.13. The number of hydrogen-bond donors (Lipinski definition) is 1.